The number of amides is 3. The van der Waals surface area contributed by atoms with Crippen LogP contribution in [0, 0.1) is 17.6 Å². The molecule has 0 spiro atoms. The van der Waals surface area contributed by atoms with Crippen LogP contribution < -0.4 is 16.0 Å². The summed E-state index contributed by atoms with van der Waals surface area (Å²) in [6.45, 7) is 0. The Morgan fingerprint density at radius 2 is 1.73 bits per heavy atom. The van der Waals surface area contributed by atoms with Crippen molar-refractivity contribution in [3.05, 3.63) is 52.6 Å². The van der Waals surface area contributed by atoms with Crippen molar-refractivity contribution in [1.29, 1.82) is 0 Å². The lowest BCUT2D eigenvalue weighted by molar-refractivity contribution is -0.129. The van der Waals surface area contributed by atoms with E-state index in [1.807, 2.05) is 5.32 Å². The number of alkyl halides is 5. The lowest BCUT2D eigenvalue weighted by atomic mass is 10.1. The normalized spacial score (nSPS) is 16.2. The van der Waals surface area contributed by atoms with Gasteiger partial charge in [0.2, 0.25) is 11.8 Å². The second kappa shape index (κ2) is 11.6. The van der Waals surface area contributed by atoms with E-state index in [9.17, 15) is 36.3 Å². The van der Waals surface area contributed by atoms with Gasteiger partial charge in [0.15, 0.2) is 5.82 Å². The molecule has 1 aliphatic rings. The quantitative estimate of drug-likeness (QED) is 0.170. The molecule has 3 N–H and O–H groups in total. The van der Waals surface area contributed by atoms with E-state index in [4.69, 9.17) is 34.8 Å². The van der Waals surface area contributed by atoms with Crippen LogP contribution >= 0.6 is 46.6 Å². The van der Waals surface area contributed by atoms with Crippen LogP contribution in [-0.4, -0.2) is 39.7 Å². The fourth-order valence-corrected chi connectivity index (χ4v) is 4.47. The molecule has 0 bridgehead atoms. The van der Waals surface area contributed by atoms with Gasteiger partial charge in [0.25, 0.3) is 5.91 Å². The third kappa shape index (κ3) is 8.10. The molecule has 1 fully saturated rings. The summed E-state index contributed by atoms with van der Waals surface area (Å²) in [4.78, 5) is 36.9. The SMILES string of the molecule is O=C(CSCCC(F)(F)F)Nc1c(F)ccc(NC(=O)c2cc(NC(=O)C3CC3(Cl)Cl)ccc2Cl)c1F. The molecule has 3 amide bonds. The van der Waals surface area contributed by atoms with Crippen LogP contribution in [0.15, 0.2) is 30.3 Å². The summed E-state index contributed by atoms with van der Waals surface area (Å²) in [5.41, 5.74) is -1.37. The van der Waals surface area contributed by atoms with E-state index in [-0.39, 0.29) is 22.7 Å². The topological polar surface area (TPSA) is 87.3 Å². The summed E-state index contributed by atoms with van der Waals surface area (Å²) < 4.78 is 64.4. The van der Waals surface area contributed by atoms with Crippen molar-refractivity contribution in [2.45, 2.75) is 23.4 Å². The van der Waals surface area contributed by atoms with E-state index in [1.165, 1.54) is 18.2 Å². The number of carbonyl (C=O) groups is 3. The minimum absolute atomic E-state index is 0.0436. The van der Waals surface area contributed by atoms with Crippen molar-refractivity contribution in [2.75, 3.05) is 27.5 Å². The van der Waals surface area contributed by atoms with Crippen molar-refractivity contribution in [2.24, 2.45) is 5.92 Å². The third-order valence-corrected chi connectivity index (χ3v) is 7.11. The second-order valence-corrected chi connectivity index (χ2v) is 11.0. The average molecular weight is 605 g/mol. The van der Waals surface area contributed by atoms with Gasteiger partial charge >= 0.3 is 6.18 Å². The zero-order valence-electron chi connectivity index (χ0n) is 18.4. The summed E-state index contributed by atoms with van der Waals surface area (Å²) in [6, 6.07) is 5.65. The summed E-state index contributed by atoms with van der Waals surface area (Å²) in [5.74, 6) is -6.32. The minimum atomic E-state index is -4.39. The smallest absolute Gasteiger partial charge is 0.326 e. The first-order valence-corrected chi connectivity index (χ1v) is 12.7. The van der Waals surface area contributed by atoms with E-state index in [0.29, 0.717) is 11.8 Å². The van der Waals surface area contributed by atoms with Crippen LogP contribution in [0.3, 0.4) is 0 Å². The minimum Gasteiger partial charge on any atom is -0.326 e. The molecule has 0 aromatic heterocycles. The molecule has 2 aromatic carbocycles. The third-order valence-electron chi connectivity index (χ3n) is 4.99. The number of benzene rings is 2. The molecule has 0 radical (unpaired) electrons. The number of anilines is 3. The lowest BCUT2D eigenvalue weighted by Crippen LogP contribution is -2.20. The maximum absolute atomic E-state index is 14.9. The Balaban J connectivity index is 1.67. The zero-order valence-corrected chi connectivity index (χ0v) is 21.5. The molecule has 1 atom stereocenters. The molecule has 6 nitrogen and oxygen atoms in total. The molecule has 2 aromatic rings. The molecule has 1 saturated carbocycles. The highest BCUT2D eigenvalue weighted by atomic mass is 35.5. The number of hydrogen-bond acceptors (Lipinski definition) is 4. The van der Waals surface area contributed by atoms with E-state index in [0.717, 1.165) is 12.1 Å². The Labute approximate surface area is 226 Å². The van der Waals surface area contributed by atoms with Crippen LogP contribution in [0.25, 0.3) is 0 Å². The molecule has 0 saturated heterocycles. The van der Waals surface area contributed by atoms with Crippen molar-refractivity contribution < 1.29 is 36.3 Å². The van der Waals surface area contributed by atoms with Gasteiger partial charge in [-0.3, -0.25) is 14.4 Å². The average Bonchev–Trinajstić information content (AvgIpc) is 3.45. The first kappa shape index (κ1) is 29.3. The number of rotatable bonds is 9. The standard InChI is InChI=1S/C22H17Cl3F5N3O3S/c23-13-2-1-10(31-20(36)12-8-21(12,24)25)7-11(13)19(35)32-15-4-3-14(26)18(17(15)27)33-16(34)9-37-6-5-22(28,29)30/h1-4,7,12H,5-6,8-9H2,(H,31,36)(H,32,35)(H,33,34). The maximum atomic E-state index is 14.9. The first-order chi connectivity index (χ1) is 17.2. The molecule has 37 heavy (non-hydrogen) atoms. The van der Waals surface area contributed by atoms with E-state index in [2.05, 4.69) is 10.6 Å². The van der Waals surface area contributed by atoms with Crippen molar-refractivity contribution in [3.63, 3.8) is 0 Å². The molecule has 200 valence electrons. The Hall–Kier alpha value is -2.28. The van der Waals surface area contributed by atoms with Gasteiger partial charge in [-0.15, -0.1) is 23.2 Å². The van der Waals surface area contributed by atoms with Crippen molar-refractivity contribution in [1.82, 2.24) is 0 Å². The molecular formula is C22H17Cl3F5N3O3S. The molecule has 15 heteroatoms. The van der Waals surface area contributed by atoms with Crippen LogP contribution in [0.1, 0.15) is 23.2 Å². The van der Waals surface area contributed by atoms with Gasteiger partial charge < -0.3 is 16.0 Å². The first-order valence-electron chi connectivity index (χ1n) is 10.4. The number of thioether (sulfide) groups is 1. The highest BCUT2D eigenvalue weighted by Gasteiger charge is 2.56. The predicted molar refractivity (Wildman–Crippen MR) is 134 cm³/mol. The number of carbonyl (C=O) groups excluding carboxylic acids is 3. The molecule has 0 aliphatic heterocycles. The fourth-order valence-electron chi connectivity index (χ4n) is 2.99. The Kier molecular flexibility index (Phi) is 9.20. The van der Waals surface area contributed by atoms with Crippen LogP contribution in [-0.2, 0) is 9.59 Å². The molecular weight excluding hydrogens is 588 g/mol. The number of hydrogen-bond donors (Lipinski definition) is 3. The zero-order chi connectivity index (χ0) is 27.5. The highest BCUT2D eigenvalue weighted by Crippen LogP contribution is 2.53. The molecule has 1 unspecified atom stereocenters. The van der Waals surface area contributed by atoms with Gasteiger partial charge in [-0.05, 0) is 36.8 Å². The Bertz CT molecular complexity index is 1230. The van der Waals surface area contributed by atoms with Gasteiger partial charge in [-0.25, -0.2) is 8.78 Å². The predicted octanol–water partition coefficient (Wildman–Crippen LogP) is 6.63. The van der Waals surface area contributed by atoms with Gasteiger partial charge in [-0.1, -0.05) is 11.6 Å². The largest absolute Gasteiger partial charge is 0.389 e. The van der Waals surface area contributed by atoms with Crippen LogP contribution in [0.5, 0.6) is 0 Å². The summed E-state index contributed by atoms with van der Waals surface area (Å²) in [7, 11) is 0. The molecule has 3 rings (SSSR count). The maximum Gasteiger partial charge on any atom is 0.389 e. The van der Waals surface area contributed by atoms with Crippen molar-refractivity contribution >= 4 is 81.3 Å². The molecule has 1 aliphatic carbocycles. The highest BCUT2D eigenvalue weighted by molar-refractivity contribution is 7.99. The number of nitrogens with one attached hydrogen (secondary N) is 3. The summed E-state index contributed by atoms with van der Waals surface area (Å²) >= 11 is 18.5. The molecule has 0 heterocycles. The second-order valence-electron chi connectivity index (χ2n) is 7.91. The Morgan fingerprint density at radius 1 is 1.05 bits per heavy atom. The Morgan fingerprint density at radius 3 is 2.35 bits per heavy atom. The van der Waals surface area contributed by atoms with Gasteiger partial charge in [0.1, 0.15) is 15.8 Å². The van der Waals surface area contributed by atoms with Crippen LogP contribution in [0.4, 0.5) is 39.0 Å². The van der Waals surface area contributed by atoms with Crippen molar-refractivity contribution in [3.8, 4) is 0 Å². The van der Waals surface area contributed by atoms with Gasteiger partial charge in [0, 0.05) is 11.4 Å². The van der Waals surface area contributed by atoms with Gasteiger partial charge in [-0.2, -0.15) is 24.9 Å². The number of halogens is 8. The van der Waals surface area contributed by atoms with E-state index < -0.39 is 75.1 Å². The van der Waals surface area contributed by atoms with Gasteiger partial charge in [0.05, 0.1) is 34.4 Å². The van der Waals surface area contributed by atoms with Crippen LogP contribution in [0.2, 0.25) is 5.02 Å². The van der Waals surface area contributed by atoms with E-state index >= 15 is 0 Å². The van der Waals surface area contributed by atoms with E-state index in [1.54, 1.807) is 0 Å². The monoisotopic (exact) mass is 603 g/mol. The lowest BCUT2D eigenvalue weighted by Gasteiger charge is -2.13. The summed E-state index contributed by atoms with van der Waals surface area (Å²) in [6.07, 6.45) is -5.25. The fraction of sp³-hybridized carbons (Fsp3) is 0.318. The summed E-state index contributed by atoms with van der Waals surface area (Å²) in [5, 5.41) is 6.66.